The number of hydrogen-bond donors (Lipinski definition) is 1. The molecule has 1 aromatic carbocycles. The van der Waals surface area contributed by atoms with Gasteiger partial charge in [0, 0.05) is 42.6 Å². The first kappa shape index (κ1) is 22.7. The molecule has 35 heavy (non-hydrogen) atoms. The topological polar surface area (TPSA) is 116 Å². The Hall–Kier alpha value is -4.13. The lowest BCUT2D eigenvalue weighted by molar-refractivity contribution is -0.385. The van der Waals surface area contributed by atoms with Crippen molar-refractivity contribution in [3.05, 3.63) is 69.7 Å². The Balaban J connectivity index is 1.80. The van der Waals surface area contributed by atoms with Gasteiger partial charge in [0.25, 0.3) is 5.69 Å². The Labute approximate surface area is 199 Å². The molecule has 0 bridgehead atoms. The van der Waals surface area contributed by atoms with Crippen molar-refractivity contribution in [3.8, 4) is 27.5 Å². The molecule has 0 radical (unpaired) electrons. The van der Waals surface area contributed by atoms with Gasteiger partial charge in [0.15, 0.2) is 5.13 Å². The summed E-state index contributed by atoms with van der Waals surface area (Å²) >= 11 is 1.14. The highest BCUT2D eigenvalue weighted by Crippen LogP contribution is 2.46. The Morgan fingerprint density at radius 2 is 2.06 bits per heavy atom. The van der Waals surface area contributed by atoms with E-state index in [2.05, 4.69) is 20.4 Å². The molecular formula is C22H15F3N6O3S. The third kappa shape index (κ3) is 4.03. The largest absolute Gasteiger partial charge is 0.418 e. The van der Waals surface area contributed by atoms with Gasteiger partial charge in [0.2, 0.25) is 5.91 Å². The summed E-state index contributed by atoms with van der Waals surface area (Å²) < 4.78 is 43.3. The molecule has 4 aromatic rings. The summed E-state index contributed by atoms with van der Waals surface area (Å²) in [5, 5.41) is 18.7. The fourth-order valence-corrected chi connectivity index (χ4v) is 5.15. The molecule has 1 N–H and O–H groups in total. The molecule has 3 heterocycles. The highest BCUT2D eigenvalue weighted by atomic mass is 32.1. The summed E-state index contributed by atoms with van der Waals surface area (Å²) in [6.45, 7) is 1.34. The lowest BCUT2D eigenvalue weighted by atomic mass is 9.95. The lowest BCUT2D eigenvalue weighted by Crippen LogP contribution is -2.14. The van der Waals surface area contributed by atoms with E-state index in [-0.39, 0.29) is 11.6 Å². The molecule has 13 heteroatoms. The Bertz CT molecular complexity index is 1480. The quantitative estimate of drug-likeness (QED) is 0.310. The number of carbonyl (C=O) groups excluding carboxylic acids is 1. The van der Waals surface area contributed by atoms with Crippen LogP contribution in [0.4, 0.5) is 24.0 Å². The second kappa shape index (κ2) is 8.27. The number of non-ortho nitro benzene ring substituents is 1. The Morgan fingerprint density at radius 1 is 1.26 bits per heavy atom. The van der Waals surface area contributed by atoms with Crippen LogP contribution in [0.25, 0.3) is 27.5 Å². The van der Waals surface area contributed by atoms with Crippen molar-refractivity contribution in [3.63, 3.8) is 0 Å². The molecule has 0 unspecified atom stereocenters. The maximum absolute atomic E-state index is 14.1. The number of anilines is 1. The maximum Gasteiger partial charge on any atom is 0.418 e. The van der Waals surface area contributed by atoms with E-state index in [4.69, 9.17) is 0 Å². The summed E-state index contributed by atoms with van der Waals surface area (Å²) in [5.41, 5.74) is 0.591. The van der Waals surface area contributed by atoms with Crippen LogP contribution in [0.2, 0.25) is 0 Å². The van der Waals surface area contributed by atoms with Crippen LogP contribution in [0.3, 0.4) is 0 Å². The van der Waals surface area contributed by atoms with Crippen LogP contribution in [0.15, 0.2) is 42.7 Å². The van der Waals surface area contributed by atoms with Crippen molar-refractivity contribution < 1.29 is 22.9 Å². The maximum atomic E-state index is 14.1. The van der Waals surface area contributed by atoms with Gasteiger partial charge >= 0.3 is 6.18 Å². The molecule has 0 aliphatic heterocycles. The van der Waals surface area contributed by atoms with Crippen molar-refractivity contribution >= 4 is 28.1 Å². The van der Waals surface area contributed by atoms with Crippen molar-refractivity contribution in [1.82, 2.24) is 19.7 Å². The number of fused-ring (bicyclic) bond motifs is 3. The fraction of sp³-hybridized carbons (Fsp3) is 0.182. The first-order valence-electron chi connectivity index (χ1n) is 10.3. The van der Waals surface area contributed by atoms with Crippen LogP contribution in [-0.4, -0.2) is 30.6 Å². The van der Waals surface area contributed by atoms with Gasteiger partial charge in [-0.15, -0.1) is 0 Å². The number of thiazole rings is 1. The van der Waals surface area contributed by atoms with E-state index in [1.54, 1.807) is 24.5 Å². The number of aromatic nitrogens is 4. The Morgan fingerprint density at radius 3 is 2.71 bits per heavy atom. The molecule has 0 saturated carbocycles. The number of alkyl halides is 3. The number of rotatable bonds is 4. The molecule has 0 atom stereocenters. The molecule has 0 saturated heterocycles. The predicted octanol–water partition coefficient (Wildman–Crippen LogP) is 5.04. The highest BCUT2D eigenvalue weighted by Gasteiger charge is 2.38. The van der Waals surface area contributed by atoms with E-state index >= 15 is 0 Å². The standard InChI is InChI=1S/C22H15F3N6O3S/c1-11(32)27-21-28-16-6-5-14-18(12-3-2-8-26-10-12)29-30(19(14)20(16)35-21)17-7-4-13(31(33)34)9-15(17)22(23,24)25/h2-4,7-10H,5-6H2,1H3,(H,27,28,32). The van der Waals surface area contributed by atoms with Crippen molar-refractivity contribution in [2.24, 2.45) is 0 Å². The van der Waals surface area contributed by atoms with E-state index in [9.17, 15) is 28.1 Å². The van der Waals surface area contributed by atoms with E-state index in [0.717, 1.165) is 28.2 Å². The zero-order valence-corrected chi connectivity index (χ0v) is 18.8. The molecule has 1 amide bonds. The molecule has 9 nitrogen and oxygen atoms in total. The van der Waals surface area contributed by atoms with Crippen LogP contribution in [0.5, 0.6) is 0 Å². The van der Waals surface area contributed by atoms with Gasteiger partial charge in [0.05, 0.1) is 38.1 Å². The molecule has 0 fully saturated rings. The van der Waals surface area contributed by atoms with Crippen LogP contribution in [-0.2, 0) is 23.8 Å². The van der Waals surface area contributed by atoms with Gasteiger partial charge in [-0.25, -0.2) is 9.67 Å². The molecule has 1 aliphatic carbocycles. The van der Waals surface area contributed by atoms with Crippen LogP contribution >= 0.6 is 11.3 Å². The monoisotopic (exact) mass is 500 g/mol. The van der Waals surface area contributed by atoms with Gasteiger partial charge in [0.1, 0.15) is 0 Å². The van der Waals surface area contributed by atoms with Crippen molar-refractivity contribution in [2.75, 3.05) is 5.32 Å². The first-order valence-corrected chi connectivity index (χ1v) is 11.1. The number of nitro benzene ring substituents is 1. The second-order valence-corrected chi connectivity index (χ2v) is 8.76. The highest BCUT2D eigenvalue weighted by molar-refractivity contribution is 7.19. The number of nitrogens with zero attached hydrogens (tertiary/aromatic N) is 5. The number of nitrogens with one attached hydrogen (secondary N) is 1. The van der Waals surface area contributed by atoms with Gasteiger partial charge in [-0.3, -0.25) is 19.9 Å². The molecular weight excluding hydrogens is 485 g/mol. The van der Waals surface area contributed by atoms with Crippen LogP contribution < -0.4 is 5.32 Å². The number of pyridine rings is 1. The minimum atomic E-state index is -4.87. The molecule has 0 spiro atoms. The molecule has 178 valence electrons. The molecule has 3 aromatic heterocycles. The number of halogens is 3. The Kier molecular flexibility index (Phi) is 5.35. The number of hydrogen-bond acceptors (Lipinski definition) is 7. The number of nitro groups is 1. The minimum Gasteiger partial charge on any atom is -0.302 e. The van der Waals surface area contributed by atoms with Gasteiger partial charge in [-0.1, -0.05) is 11.3 Å². The zero-order valence-electron chi connectivity index (χ0n) is 18.0. The lowest BCUT2D eigenvalue weighted by Gasteiger charge is -2.17. The van der Waals surface area contributed by atoms with E-state index < -0.39 is 22.4 Å². The smallest absolute Gasteiger partial charge is 0.302 e. The second-order valence-electron chi connectivity index (χ2n) is 7.76. The van der Waals surface area contributed by atoms with Gasteiger partial charge < -0.3 is 5.32 Å². The van der Waals surface area contributed by atoms with E-state index in [1.807, 2.05) is 0 Å². The number of carbonyl (C=O) groups is 1. The third-order valence-corrected chi connectivity index (χ3v) is 6.47. The van der Waals surface area contributed by atoms with Crippen LogP contribution in [0.1, 0.15) is 23.7 Å². The van der Waals surface area contributed by atoms with Crippen molar-refractivity contribution in [2.45, 2.75) is 25.9 Å². The summed E-state index contributed by atoms with van der Waals surface area (Å²) in [5.74, 6) is -0.324. The SMILES string of the molecule is CC(=O)Nc1nc2c(s1)-c1c(c(-c3cccnc3)nn1-c1ccc([N+](=O)[O-])cc1C(F)(F)F)CC2. The normalized spacial score (nSPS) is 12.7. The van der Waals surface area contributed by atoms with E-state index in [1.165, 1.54) is 6.92 Å². The summed E-state index contributed by atoms with van der Waals surface area (Å²) in [4.78, 5) is 30.9. The minimum absolute atomic E-state index is 0.324. The number of amides is 1. The third-order valence-electron chi connectivity index (χ3n) is 5.45. The predicted molar refractivity (Wildman–Crippen MR) is 121 cm³/mol. The average Bonchev–Trinajstić information content (AvgIpc) is 3.39. The van der Waals surface area contributed by atoms with Gasteiger partial charge in [-0.05, 0) is 31.0 Å². The number of benzene rings is 1. The van der Waals surface area contributed by atoms with E-state index in [0.29, 0.717) is 57.1 Å². The molecule has 5 rings (SSSR count). The zero-order chi connectivity index (χ0) is 24.9. The van der Waals surface area contributed by atoms with Crippen LogP contribution in [0, 0.1) is 10.1 Å². The fourth-order valence-electron chi connectivity index (χ4n) is 4.03. The van der Waals surface area contributed by atoms with Crippen molar-refractivity contribution in [1.29, 1.82) is 0 Å². The first-order chi connectivity index (χ1) is 16.6. The summed E-state index contributed by atoms with van der Waals surface area (Å²) in [6.07, 6.45) is -0.778. The summed E-state index contributed by atoms with van der Waals surface area (Å²) in [7, 11) is 0. The number of aryl methyl sites for hydroxylation is 1. The summed E-state index contributed by atoms with van der Waals surface area (Å²) in [6, 6.07) is 6.02. The average molecular weight is 500 g/mol. The van der Waals surface area contributed by atoms with Gasteiger partial charge in [-0.2, -0.15) is 18.3 Å². The molecule has 1 aliphatic rings.